The summed E-state index contributed by atoms with van der Waals surface area (Å²) in [6, 6.07) is 27.9. The highest BCUT2D eigenvalue weighted by molar-refractivity contribution is 7.12. The molecule has 1 heterocycles. The zero-order valence-corrected chi connectivity index (χ0v) is 16.9. The van der Waals surface area contributed by atoms with Crippen molar-refractivity contribution in [3.05, 3.63) is 106 Å². The van der Waals surface area contributed by atoms with Crippen LogP contribution in [-0.4, -0.2) is 5.91 Å². The molecule has 1 N–H and O–H groups in total. The number of rotatable bonds is 6. The number of hydrogen-bond donors (Lipinski definition) is 1. The van der Waals surface area contributed by atoms with Crippen molar-refractivity contribution in [1.82, 2.24) is 0 Å². The largest absolute Gasteiger partial charge is 0.489 e. The summed E-state index contributed by atoms with van der Waals surface area (Å²) in [7, 11) is 0. The predicted molar refractivity (Wildman–Crippen MR) is 120 cm³/mol. The van der Waals surface area contributed by atoms with Crippen LogP contribution >= 0.6 is 11.3 Å². The molecule has 0 fully saturated rings. The zero-order valence-electron chi connectivity index (χ0n) is 16.1. The van der Waals surface area contributed by atoms with Crippen LogP contribution in [0.4, 0.5) is 5.69 Å². The summed E-state index contributed by atoms with van der Waals surface area (Å²) < 4.78 is 5.81. The summed E-state index contributed by atoms with van der Waals surface area (Å²) in [5, 5.41) is 4.92. The van der Waals surface area contributed by atoms with Crippen LogP contribution in [0.25, 0.3) is 11.1 Å². The smallest absolute Gasteiger partial charge is 0.265 e. The number of thiophene rings is 1. The first-order valence-electron chi connectivity index (χ1n) is 9.41. The van der Waals surface area contributed by atoms with E-state index in [4.69, 9.17) is 4.74 Å². The molecular weight excluding hydrogens is 378 g/mol. The molecule has 0 aliphatic heterocycles. The van der Waals surface area contributed by atoms with E-state index in [0.29, 0.717) is 11.5 Å². The summed E-state index contributed by atoms with van der Waals surface area (Å²) in [6.45, 7) is 2.48. The molecule has 0 atom stereocenters. The molecule has 0 saturated heterocycles. The number of carbonyl (C=O) groups excluding carboxylic acids is 1. The minimum absolute atomic E-state index is 0.107. The molecule has 0 spiro atoms. The van der Waals surface area contributed by atoms with Crippen molar-refractivity contribution in [3.8, 4) is 16.9 Å². The molecule has 3 aromatic carbocycles. The average molecular weight is 400 g/mol. The van der Waals surface area contributed by atoms with Crippen LogP contribution in [0.5, 0.6) is 5.75 Å². The molecule has 29 heavy (non-hydrogen) atoms. The van der Waals surface area contributed by atoms with Gasteiger partial charge in [-0.25, -0.2) is 0 Å². The van der Waals surface area contributed by atoms with Gasteiger partial charge in [-0.15, -0.1) is 11.3 Å². The number of anilines is 1. The Morgan fingerprint density at radius 3 is 2.41 bits per heavy atom. The first kappa shape index (κ1) is 19.0. The SMILES string of the molecule is Cc1cccc(OCc2csc(C(=O)Nc3ccc(-c4ccccc4)cc3)c2)c1. The minimum Gasteiger partial charge on any atom is -0.489 e. The van der Waals surface area contributed by atoms with Crippen molar-refractivity contribution < 1.29 is 9.53 Å². The zero-order chi connectivity index (χ0) is 20.1. The molecule has 0 unspecified atom stereocenters. The third-order valence-corrected chi connectivity index (χ3v) is 5.50. The van der Waals surface area contributed by atoms with Crippen molar-refractivity contribution in [2.75, 3.05) is 5.32 Å². The van der Waals surface area contributed by atoms with Gasteiger partial charge < -0.3 is 10.1 Å². The number of amides is 1. The lowest BCUT2D eigenvalue weighted by Gasteiger charge is -2.06. The fraction of sp³-hybridized carbons (Fsp3) is 0.0800. The lowest BCUT2D eigenvalue weighted by atomic mass is 10.1. The number of ether oxygens (including phenoxy) is 1. The summed E-state index contributed by atoms with van der Waals surface area (Å²) in [6.07, 6.45) is 0. The molecule has 144 valence electrons. The van der Waals surface area contributed by atoms with E-state index in [0.717, 1.165) is 33.7 Å². The number of hydrogen-bond acceptors (Lipinski definition) is 3. The van der Waals surface area contributed by atoms with E-state index in [-0.39, 0.29) is 5.91 Å². The van der Waals surface area contributed by atoms with Gasteiger partial charge in [0.15, 0.2) is 0 Å². The van der Waals surface area contributed by atoms with Gasteiger partial charge >= 0.3 is 0 Å². The van der Waals surface area contributed by atoms with Crippen LogP contribution < -0.4 is 10.1 Å². The number of carbonyl (C=O) groups is 1. The second-order valence-electron chi connectivity index (χ2n) is 6.82. The average Bonchev–Trinajstić information content (AvgIpc) is 3.23. The molecule has 4 heteroatoms. The predicted octanol–water partition coefficient (Wildman–Crippen LogP) is 6.55. The Labute approximate surface area is 174 Å². The van der Waals surface area contributed by atoms with Crippen LogP contribution in [0.1, 0.15) is 20.8 Å². The first-order valence-corrected chi connectivity index (χ1v) is 10.3. The third-order valence-electron chi connectivity index (χ3n) is 4.52. The van der Waals surface area contributed by atoms with E-state index >= 15 is 0 Å². The molecule has 0 aliphatic rings. The Morgan fingerprint density at radius 2 is 1.66 bits per heavy atom. The quantitative estimate of drug-likeness (QED) is 0.399. The molecular formula is C25H21NO2S. The Balaban J connectivity index is 1.36. The van der Waals surface area contributed by atoms with Crippen LogP contribution in [0, 0.1) is 6.92 Å². The molecule has 0 bridgehead atoms. The van der Waals surface area contributed by atoms with Gasteiger partial charge in [0.2, 0.25) is 0 Å². The highest BCUT2D eigenvalue weighted by atomic mass is 32.1. The van der Waals surface area contributed by atoms with Gasteiger partial charge in [0, 0.05) is 11.3 Å². The monoisotopic (exact) mass is 399 g/mol. The Kier molecular flexibility index (Phi) is 5.73. The van der Waals surface area contributed by atoms with E-state index in [1.807, 2.05) is 85.1 Å². The normalized spacial score (nSPS) is 10.5. The highest BCUT2D eigenvalue weighted by Crippen LogP contribution is 2.23. The number of benzene rings is 3. The molecule has 1 amide bonds. The van der Waals surface area contributed by atoms with Gasteiger partial charge in [0.25, 0.3) is 5.91 Å². The molecule has 4 aromatic rings. The maximum atomic E-state index is 12.6. The van der Waals surface area contributed by atoms with Crippen molar-refractivity contribution in [2.45, 2.75) is 13.5 Å². The Bertz CT molecular complexity index is 1100. The second kappa shape index (κ2) is 8.76. The lowest BCUT2D eigenvalue weighted by molar-refractivity contribution is 0.103. The van der Waals surface area contributed by atoms with Crippen molar-refractivity contribution in [1.29, 1.82) is 0 Å². The topological polar surface area (TPSA) is 38.3 Å². The molecule has 0 saturated carbocycles. The molecule has 1 aromatic heterocycles. The first-order chi connectivity index (χ1) is 14.2. The van der Waals surface area contributed by atoms with Crippen LogP contribution in [-0.2, 0) is 6.61 Å². The molecule has 0 radical (unpaired) electrons. The number of nitrogens with one attached hydrogen (secondary N) is 1. The van der Waals surface area contributed by atoms with Gasteiger partial charge in [-0.2, -0.15) is 0 Å². The van der Waals surface area contributed by atoms with E-state index in [2.05, 4.69) is 17.4 Å². The van der Waals surface area contributed by atoms with Crippen LogP contribution in [0.3, 0.4) is 0 Å². The van der Waals surface area contributed by atoms with Crippen LogP contribution in [0.2, 0.25) is 0 Å². The standard InChI is InChI=1S/C25H21NO2S/c1-18-6-5-9-23(14-18)28-16-19-15-24(29-17-19)25(27)26-22-12-10-21(11-13-22)20-7-3-2-4-8-20/h2-15,17H,16H2,1H3,(H,26,27). The molecule has 4 rings (SSSR count). The van der Waals surface area contributed by atoms with Gasteiger partial charge in [0.1, 0.15) is 12.4 Å². The summed E-state index contributed by atoms with van der Waals surface area (Å²) in [4.78, 5) is 13.2. The maximum absolute atomic E-state index is 12.6. The summed E-state index contributed by atoms with van der Waals surface area (Å²) >= 11 is 1.42. The van der Waals surface area contributed by atoms with Gasteiger partial charge in [-0.05, 0) is 59.3 Å². The summed E-state index contributed by atoms with van der Waals surface area (Å²) in [5.41, 5.74) is 5.20. The van der Waals surface area contributed by atoms with Gasteiger partial charge in [0.05, 0.1) is 4.88 Å². The highest BCUT2D eigenvalue weighted by Gasteiger charge is 2.10. The van der Waals surface area contributed by atoms with Crippen molar-refractivity contribution in [2.24, 2.45) is 0 Å². The molecule has 0 aliphatic carbocycles. The number of aryl methyl sites for hydroxylation is 1. The van der Waals surface area contributed by atoms with E-state index < -0.39 is 0 Å². The fourth-order valence-corrected chi connectivity index (χ4v) is 3.80. The maximum Gasteiger partial charge on any atom is 0.265 e. The fourth-order valence-electron chi connectivity index (χ4n) is 3.01. The van der Waals surface area contributed by atoms with E-state index in [1.165, 1.54) is 11.3 Å². The van der Waals surface area contributed by atoms with Crippen LogP contribution in [0.15, 0.2) is 90.3 Å². The Hall–Kier alpha value is -3.37. The summed E-state index contributed by atoms with van der Waals surface area (Å²) in [5.74, 6) is 0.727. The van der Waals surface area contributed by atoms with E-state index in [1.54, 1.807) is 0 Å². The van der Waals surface area contributed by atoms with Crippen molar-refractivity contribution >= 4 is 22.9 Å². The lowest BCUT2D eigenvalue weighted by Crippen LogP contribution is -2.10. The Morgan fingerprint density at radius 1 is 0.897 bits per heavy atom. The third kappa shape index (κ3) is 4.92. The van der Waals surface area contributed by atoms with Gasteiger partial charge in [-0.3, -0.25) is 4.79 Å². The minimum atomic E-state index is -0.107. The van der Waals surface area contributed by atoms with Crippen molar-refractivity contribution in [3.63, 3.8) is 0 Å². The van der Waals surface area contributed by atoms with Gasteiger partial charge in [-0.1, -0.05) is 54.6 Å². The molecule has 3 nitrogen and oxygen atoms in total. The second-order valence-corrected chi connectivity index (χ2v) is 7.73. The van der Waals surface area contributed by atoms with E-state index in [9.17, 15) is 4.79 Å².